The summed E-state index contributed by atoms with van der Waals surface area (Å²) in [6, 6.07) is 9.01. The number of H-pyrrole nitrogens is 1. The van der Waals surface area contributed by atoms with E-state index in [1.165, 1.54) is 7.11 Å². The van der Waals surface area contributed by atoms with Gasteiger partial charge < -0.3 is 9.72 Å². The third-order valence-corrected chi connectivity index (χ3v) is 2.87. The summed E-state index contributed by atoms with van der Waals surface area (Å²) in [6.45, 7) is 0. The number of nitrogens with zero attached hydrogens (tertiary/aromatic N) is 2. The van der Waals surface area contributed by atoms with Gasteiger partial charge in [-0.05, 0) is 12.1 Å². The average molecular weight is 253 g/mol. The van der Waals surface area contributed by atoms with Crippen LogP contribution in [0.1, 0.15) is 10.4 Å². The maximum Gasteiger partial charge on any atom is 0.338 e. The molecule has 19 heavy (non-hydrogen) atoms. The van der Waals surface area contributed by atoms with Gasteiger partial charge in [-0.15, -0.1) is 0 Å². The van der Waals surface area contributed by atoms with Gasteiger partial charge in [0.05, 0.1) is 29.9 Å². The summed E-state index contributed by atoms with van der Waals surface area (Å²) >= 11 is 0. The van der Waals surface area contributed by atoms with Gasteiger partial charge >= 0.3 is 5.97 Å². The molecule has 3 aromatic rings. The second-order valence-corrected chi connectivity index (χ2v) is 4.02. The standard InChI is InChI=1S/C14H11N3O2/c1-19-14(18)10-5-3-2-4-9(10)13-16-11-6-7-15-8-12(11)17-13/h2-8H,1H3,(H,16,17). The van der Waals surface area contributed by atoms with Crippen molar-refractivity contribution in [2.24, 2.45) is 0 Å². The Labute approximate surface area is 109 Å². The summed E-state index contributed by atoms with van der Waals surface area (Å²) in [7, 11) is 1.36. The van der Waals surface area contributed by atoms with Crippen LogP contribution in [-0.4, -0.2) is 28.0 Å². The number of hydrogen-bond donors (Lipinski definition) is 1. The molecule has 2 aromatic heterocycles. The van der Waals surface area contributed by atoms with Crippen LogP contribution in [0.3, 0.4) is 0 Å². The van der Waals surface area contributed by atoms with Crippen molar-refractivity contribution < 1.29 is 9.53 Å². The summed E-state index contributed by atoms with van der Waals surface area (Å²) in [5, 5.41) is 0. The number of fused-ring (bicyclic) bond motifs is 1. The molecule has 5 nitrogen and oxygen atoms in total. The van der Waals surface area contributed by atoms with E-state index in [-0.39, 0.29) is 5.97 Å². The first kappa shape index (κ1) is 11.4. The Kier molecular flexibility index (Phi) is 2.72. The van der Waals surface area contributed by atoms with Crippen LogP contribution in [-0.2, 0) is 4.74 Å². The van der Waals surface area contributed by atoms with Crippen molar-refractivity contribution >= 4 is 17.0 Å². The number of carbonyl (C=O) groups excluding carboxylic acids is 1. The lowest BCUT2D eigenvalue weighted by molar-refractivity contribution is 0.0601. The van der Waals surface area contributed by atoms with Crippen molar-refractivity contribution in [2.45, 2.75) is 0 Å². The van der Waals surface area contributed by atoms with Crippen molar-refractivity contribution in [1.29, 1.82) is 0 Å². The molecule has 0 aliphatic heterocycles. The van der Waals surface area contributed by atoms with Crippen LogP contribution in [0, 0.1) is 0 Å². The van der Waals surface area contributed by atoms with Crippen molar-refractivity contribution in [2.75, 3.05) is 7.11 Å². The number of hydrogen-bond acceptors (Lipinski definition) is 4. The van der Waals surface area contributed by atoms with E-state index in [9.17, 15) is 4.79 Å². The van der Waals surface area contributed by atoms with Gasteiger partial charge in [0, 0.05) is 11.8 Å². The molecule has 0 unspecified atom stereocenters. The van der Waals surface area contributed by atoms with E-state index in [1.807, 2.05) is 18.2 Å². The Balaban J connectivity index is 2.18. The SMILES string of the molecule is COC(=O)c1ccccc1-c1nc2ccncc2[nH]1. The number of benzene rings is 1. The fourth-order valence-corrected chi connectivity index (χ4v) is 1.96. The predicted molar refractivity (Wildman–Crippen MR) is 70.7 cm³/mol. The lowest BCUT2D eigenvalue weighted by Gasteiger charge is -2.04. The number of imidazole rings is 1. The van der Waals surface area contributed by atoms with Crippen LogP contribution in [0.25, 0.3) is 22.4 Å². The van der Waals surface area contributed by atoms with Crippen LogP contribution in [0.2, 0.25) is 0 Å². The number of rotatable bonds is 2. The van der Waals surface area contributed by atoms with E-state index in [4.69, 9.17) is 4.74 Å². The molecule has 0 atom stereocenters. The first-order valence-corrected chi connectivity index (χ1v) is 5.77. The first-order chi connectivity index (χ1) is 9.29. The topological polar surface area (TPSA) is 67.9 Å². The number of nitrogens with one attached hydrogen (secondary N) is 1. The summed E-state index contributed by atoms with van der Waals surface area (Å²) in [4.78, 5) is 23.4. The van der Waals surface area contributed by atoms with Gasteiger partial charge in [0.15, 0.2) is 0 Å². The van der Waals surface area contributed by atoms with E-state index in [2.05, 4.69) is 15.0 Å². The molecular weight excluding hydrogens is 242 g/mol. The van der Waals surface area contributed by atoms with E-state index in [1.54, 1.807) is 24.5 Å². The molecule has 1 aromatic carbocycles. The molecule has 0 saturated carbocycles. The highest BCUT2D eigenvalue weighted by Gasteiger charge is 2.15. The second-order valence-electron chi connectivity index (χ2n) is 4.02. The molecule has 94 valence electrons. The Morgan fingerprint density at radius 2 is 2.11 bits per heavy atom. The number of carbonyl (C=O) groups is 1. The predicted octanol–water partition coefficient (Wildman–Crippen LogP) is 2.41. The van der Waals surface area contributed by atoms with Gasteiger partial charge in [-0.2, -0.15) is 0 Å². The highest BCUT2D eigenvalue weighted by Crippen LogP contribution is 2.23. The lowest BCUT2D eigenvalue weighted by Crippen LogP contribution is -2.03. The zero-order chi connectivity index (χ0) is 13.2. The van der Waals surface area contributed by atoms with Gasteiger partial charge in [0.1, 0.15) is 5.82 Å². The van der Waals surface area contributed by atoms with E-state index in [0.717, 1.165) is 11.0 Å². The maximum absolute atomic E-state index is 11.7. The zero-order valence-corrected chi connectivity index (χ0v) is 10.3. The maximum atomic E-state index is 11.7. The van der Waals surface area contributed by atoms with Crippen LogP contribution in [0.15, 0.2) is 42.7 Å². The van der Waals surface area contributed by atoms with Crippen LogP contribution in [0.5, 0.6) is 0 Å². The minimum absolute atomic E-state index is 0.380. The number of aromatic nitrogens is 3. The molecule has 5 heteroatoms. The molecule has 0 radical (unpaired) electrons. The molecule has 2 heterocycles. The van der Waals surface area contributed by atoms with Gasteiger partial charge in [0.2, 0.25) is 0 Å². The molecule has 0 aliphatic rings. The molecule has 0 amide bonds. The number of aromatic amines is 1. The third kappa shape index (κ3) is 1.95. The average Bonchev–Trinajstić information content (AvgIpc) is 2.90. The van der Waals surface area contributed by atoms with Crippen LogP contribution < -0.4 is 0 Å². The third-order valence-electron chi connectivity index (χ3n) is 2.87. The second kappa shape index (κ2) is 4.53. The summed E-state index contributed by atoms with van der Waals surface area (Å²) in [6.07, 6.45) is 3.38. The van der Waals surface area contributed by atoms with Crippen molar-refractivity contribution in [3.8, 4) is 11.4 Å². The molecule has 0 aliphatic carbocycles. The minimum atomic E-state index is -0.380. The first-order valence-electron chi connectivity index (χ1n) is 5.77. The largest absolute Gasteiger partial charge is 0.465 e. The van der Waals surface area contributed by atoms with Gasteiger partial charge in [-0.1, -0.05) is 18.2 Å². The quantitative estimate of drug-likeness (QED) is 0.712. The Morgan fingerprint density at radius 1 is 1.26 bits per heavy atom. The zero-order valence-electron chi connectivity index (χ0n) is 10.3. The monoisotopic (exact) mass is 253 g/mol. The number of methoxy groups -OCH3 is 1. The highest BCUT2D eigenvalue weighted by molar-refractivity contribution is 5.97. The molecule has 0 spiro atoms. The lowest BCUT2D eigenvalue weighted by atomic mass is 10.1. The number of pyridine rings is 1. The van der Waals surface area contributed by atoms with Crippen LogP contribution in [0.4, 0.5) is 0 Å². The molecular formula is C14H11N3O2. The van der Waals surface area contributed by atoms with Crippen LogP contribution >= 0.6 is 0 Å². The summed E-state index contributed by atoms with van der Waals surface area (Å²) in [5.41, 5.74) is 2.84. The van der Waals surface area contributed by atoms with E-state index < -0.39 is 0 Å². The minimum Gasteiger partial charge on any atom is -0.465 e. The smallest absolute Gasteiger partial charge is 0.338 e. The fraction of sp³-hybridized carbons (Fsp3) is 0.0714. The molecule has 0 fully saturated rings. The summed E-state index contributed by atoms with van der Waals surface area (Å²) in [5.74, 6) is 0.248. The van der Waals surface area contributed by atoms with Gasteiger partial charge in [-0.25, -0.2) is 9.78 Å². The Hall–Kier alpha value is -2.69. The molecule has 1 N–H and O–H groups in total. The fourth-order valence-electron chi connectivity index (χ4n) is 1.96. The molecule has 0 saturated heterocycles. The normalized spacial score (nSPS) is 10.6. The van der Waals surface area contributed by atoms with Gasteiger partial charge in [-0.3, -0.25) is 4.98 Å². The Morgan fingerprint density at radius 3 is 2.89 bits per heavy atom. The molecule has 3 rings (SSSR count). The van der Waals surface area contributed by atoms with Crippen molar-refractivity contribution in [1.82, 2.24) is 15.0 Å². The van der Waals surface area contributed by atoms with Crippen molar-refractivity contribution in [3.05, 3.63) is 48.3 Å². The van der Waals surface area contributed by atoms with E-state index >= 15 is 0 Å². The van der Waals surface area contributed by atoms with Gasteiger partial charge in [0.25, 0.3) is 0 Å². The summed E-state index contributed by atoms with van der Waals surface area (Å²) < 4.78 is 4.78. The molecule has 0 bridgehead atoms. The number of ether oxygens (including phenoxy) is 1. The van der Waals surface area contributed by atoms with E-state index in [0.29, 0.717) is 17.0 Å². The number of esters is 1. The highest BCUT2D eigenvalue weighted by atomic mass is 16.5. The Bertz CT molecular complexity index is 716. The van der Waals surface area contributed by atoms with Crippen molar-refractivity contribution in [3.63, 3.8) is 0 Å².